The van der Waals surface area contributed by atoms with Crippen LogP contribution >= 0.6 is 0 Å². The maximum Gasteiger partial charge on any atom is 0.338 e. The number of nitrogens with two attached hydrogens (primary N) is 2. The van der Waals surface area contributed by atoms with E-state index in [2.05, 4.69) is 0 Å². The van der Waals surface area contributed by atoms with Crippen LogP contribution in [0.25, 0.3) is 0 Å². The SMILES string of the molecule is Nc1c(OCCOC(=O)c2ccc(C(=O)OCCOc3cc(O)c4c(c3N)C(=O)c3ccccc3C4=O)cc2)cc(O)c2c1C(=O)c1ccccc1C2=O. The van der Waals surface area contributed by atoms with E-state index in [1.54, 1.807) is 24.3 Å². The van der Waals surface area contributed by atoms with Gasteiger partial charge in [0.05, 0.1) is 44.8 Å². The van der Waals surface area contributed by atoms with E-state index in [1.165, 1.54) is 48.5 Å². The van der Waals surface area contributed by atoms with Gasteiger partial charge in [0.2, 0.25) is 0 Å². The molecule has 2 aliphatic rings. The number of ether oxygens (including phenoxy) is 4. The van der Waals surface area contributed by atoms with Crippen molar-refractivity contribution in [3.05, 3.63) is 141 Å². The maximum absolute atomic E-state index is 13.1. The number of carbonyl (C=O) groups is 6. The molecule has 54 heavy (non-hydrogen) atoms. The van der Waals surface area contributed by atoms with Crippen molar-refractivity contribution in [2.45, 2.75) is 0 Å². The van der Waals surface area contributed by atoms with Gasteiger partial charge in [0.15, 0.2) is 23.1 Å². The molecule has 0 aromatic heterocycles. The molecule has 0 atom stereocenters. The van der Waals surface area contributed by atoms with Gasteiger partial charge in [-0.3, -0.25) is 19.2 Å². The summed E-state index contributed by atoms with van der Waals surface area (Å²) in [7, 11) is 0. The predicted octanol–water partition coefficient (Wildman–Crippen LogP) is 4.28. The average molecular weight is 729 g/mol. The summed E-state index contributed by atoms with van der Waals surface area (Å²) in [6.07, 6.45) is 0. The van der Waals surface area contributed by atoms with Crippen LogP contribution in [0.1, 0.15) is 84.4 Å². The molecule has 14 nitrogen and oxygen atoms in total. The average Bonchev–Trinajstić information content (AvgIpc) is 3.18. The molecule has 5 aromatic rings. The van der Waals surface area contributed by atoms with Crippen LogP contribution in [-0.2, 0) is 9.47 Å². The zero-order valence-electron chi connectivity index (χ0n) is 28.0. The fourth-order valence-electron chi connectivity index (χ4n) is 6.27. The smallest absolute Gasteiger partial charge is 0.338 e. The van der Waals surface area contributed by atoms with E-state index in [0.717, 1.165) is 12.1 Å². The van der Waals surface area contributed by atoms with Gasteiger partial charge < -0.3 is 40.6 Å². The summed E-state index contributed by atoms with van der Waals surface area (Å²) >= 11 is 0. The minimum atomic E-state index is -0.736. The lowest BCUT2D eigenvalue weighted by atomic mass is 9.82. The molecule has 0 heterocycles. The monoisotopic (exact) mass is 728 g/mol. The lowest BCUT2D eigenvalue weighted by Crippen LogP contribution is -2.23. The molecule has 270 valence electrons. The predicted molar refractivity (Wildman–Crippen MR) is 190 cm³/mol. The molecular weight excluding hydrogens is 700 g/mol. The Balaban J connectivity index is 0.898. The molecule has 0 bridgehead atoms. The second kappa shape index (κ2) is 13.9. The number of ketones is 4. The van der Waals surface area contributed by atoms with E-state index in [9.17, 15) is 39.0 Å². The molecule has 5 aromatic carbocycles. The van der Waals surface area contributed by atoms with Crippen LogP contribution in [0.15, 0.2) is 84.9 Å². The standard InChI is InChI=1S/C40H28N2O12/c41-33-27(17-25(43)29-31(33)37(47)23-7-3-1-5-21(23)35(29)45)51-13-15-53-39(49)19-9-11-20(12-10-19)40(50)54-16-14-52-28-18-26(44)30-32(34(28)42)38(48)24-8-4-2-6-22(24)36(30)46/h1-12,17-18,43-44H,13-16,41-42H2. The van der Waals surface area contributed by atoms with Crippen LogP contribution in [0.2, 0.25) is 0 Å². The molecule has 0 saturated heterocycles. The van der Waals surface area contributed by atoms with Crippen molar-refractivity contribution in [1.29, 1.82) is 0 Å². The Kier molecular flexibility index (Phi) is 9.01. The van der Waals surface area contributed by atoms with Crippen LogP contribution < -0.4 is 20.9 Å². The van der Waals surface area contributed by atoms with Crippen LogP contribution in [0.3, 0.4) is 0 Å². The summed E-state index contributed by atoms with van der Waals surface area (Å²) in [5.74, 6) is -4.73. The lowest BCUT2D eigenvalue weighted by Gasteiger charge is -2.21. The Morgan fingerprint density at radius 1 is 0.481 bits per heavy atom. The number of phenolic OH excluding ortho intramolecular Hbond substituents is 2. The minimum Gasteiger partial charge on any atom is -0.507 e. The van der Waals surface area contributed by atoms with Crippen LogP contribution in [0, 0.1) is 0 Å². The number of anilines is 2. The van der Waals surface area contributed by atoms with Crippen molar-refractivity contribution in [1.82, 2.24) is 0 Å². The molecular formula is C40H28N2O12. The molecule has 2 aliphatic carbocycles. The van der Waals surface area contributed by atoms with E-state index in [1.807, 2.05) is 0 Å². The zero-order chi connectivity index (χ0) is 38.3. The normalized spacial score (nSPS) is 12.6. The van der Waals surface area contributed by atoms with Gasteiger partial charge in [-0.25, -0.2) is 9.59 Å². The number of hydrogen-bond acceptors (Lipinski definition) is 14. The quantitative estimate of drug-likeness (QED) is 0.0667. The van der Waals surface area contributed by atoms with Crippen LogP contribution in [0.4, 0.5) is 11.4 Å². The number of phenols is 2. The summed E-state index contributed by atoms with van der Waals surface area (Å²) in [5, 5.41) is 21.1. The number of rotatable bonds is 10. The van der Waals surface area contributed by atoms with Crippen molar-refractivity contribution in [3.8, 4) is 23.0 Å². The summed E-state index contributed by atoms with van der Waals surface area (Å²) in [5.41, 5.74) is 12.2. The van der Waals surface area contributed by atoms with E-state index in [0.29, 0.717) is 0 Å². The Morgan fingerprint density at radius 2 is 0.796 bits per heavy atom. The highest BCUT2D eigenvalue weighted by atomic mass is 16.6. The Morgan fingerprint density at radius 3 is 1.13 bits per heavy atom. The molecule has 6 N–H and O–H groups in total. The molecule has 0 saturated carbocycles. The first-order valence-corrected chi connectivity index (χ1v) is 16.4. The number of aromatic hydroxyl groups is 2. The van der Waals surface area contributed by atoms with Gasteiger partial charge in [-0.1, -0.05) is 48.5 Å². The maximum atomic E-state index is 13.1. The highest BCUT2D eigenvalue weighted by Crippen LogP contribution is 2.42. The van der Waals surface area contributed by atoms with E-state index in [-0.39, 0.29) is 105 Å². The van der Waals surface area contributed by atoms with Gasteiger partial charge in [-0.05, 0) is 24.3 Å². The van der Waals surface area contributed by atoms with Gasteiger partial charge >= 0.3 is 11.9 Å². The number of nitrogen functional groups attached to an aromatic ring is 2. The van der Waals surface area contributed by atoms with Gasteiger partial charge in [0, 0.05) is 34.4 Å². The van der Waals surface area contributed by atoms with Crippen molar-refractivity contribution in [3.63, 3.8) is 0 Å². The molecule has 0 aliphatic heterocycles. The molecule has 0 radical (unpaired) electrons. The third kappa shape index (κ3) is 6.00. The van der Waals surface area contributed by atoms with Crippen LogP contribution in [-0.4, -0.2) is 71.7 Å². The molecule has 0 unspecified atom stereocenters. The summed E-state index contributed by atoms with van der Waals surface area (Å²) in [6, 6.07) is 20.0. The van der Waals surface area contributed by atoms with Gasteiger partial charge in [-0.2, -0.15) is 0 Å². The number of hydrogen-bond donors (Lipinski definition) is 4. The fraction of sp³-hybridized carbons (Fsp3) is 0.100. The molecule has 14 heteroatoms. The topological polar surface area (TPSA) is 232 Å². The molecule has 0 amide bonds. The van der Waals surface area contributed by atoms with Crippen molar-refractivity contribution >= 4 is 46.4 Å². The third-order valence-corrected chi connectivity index (χ3v) is 8.86. The summed E-state index contributed by atoms with van der Waals surface area (Å²) in [4.78, 5) is 77.3. The van der Waals surface area contributed by atoms with Crippen molar-refractivity contribution in [2.75, 3.05) is 37.9 Å². The number of fused-ring (bicyclic) bond motifs is 4. The third-order valence-electron chi connectivity index (χ3n) is 8.86. The Bertz CT molecular complexity index is 2280. The van der Waals surface area contributed by atoms with E-state index < -0.39 is 46.6 Å². The first-order valence-electron chi connectivity index (χ1n) is 16.4. The minimum absolute atomic E-state index is 0.0712. The van der Waals surface area contributed by atoms with Crippen molar-refractivity contribution in [2.24, 2.45) is 0 Å². The first kappa shape index (κ1) is 34.9. The summed E-state index contributed by atoms with van der Waals surface area (Å²) < 4.78 is 21.6. The molecule has 7 rings (SSSR count). The highest BCUT2D eigenvalue weighted by molar-refractivity contribution is 6.32. The summed E-state index contributed by atoms with van der Waals surface area (Å²) in [6.45, 7) is -0.920. The Hall–Kier alpha value is -7.48. The van der Waals surface area contributed by atoms with E-state index in [4.69, 9.17) is 30.4 Å². The second-order valence-corrected chi connectivity index (χ2v) is 12.1. The Labute approximate surface area is 305 Å². The number of benzene rings is 5. The van der Waals surface area contributed by atoms with Gasteiger partial charge in [0.1, 0.15) is 49.4 Å². The van der Waals surface area contributed by atoms with Crippen LogP contribution in [0.5, 0.6) is 23.0 Å². The highest BCUT2D eigenvalue weighted by Gasteiger charge is 2.36. The fourth-order valence-corrected chi connectivity index (χ4v) is 6.27. The second-order valence-electron chi connectivity index (χ2n) is 12.1. The number of esters is 2. The van der Waals surface area contributed by atoms with Gasteiger partial charge in [0.25, 0.3) is 0 Å². The van der Waals surface area contributed by atoms with E-state index >= 15 is 0 Å². The largest absolute Gasteiger partial charge is 0.507 e. The lowest BCUT2D eigenvalue weighted by molar-refractivity contribution is 0.0438. The van der Waals surface area contributed by atoms with Crippen molar-refractivity contribution < 1.29 is 57.9 Å². The number of carbonyl (C=O) groups excluding carboxylic acids is 6. The first-order chi connectivity index (χ1) is 26.0. The zero-order valence-corrected chi connectivity index (χ0v) is 28.0. The molecule has 0 spiro atoms. The van der Waals surface area contributed by atoms with Gasteiger partial charge in [-0.15, -0.1) is 0 Å². The molecule has 0 fully saturated rings.